The van der Waals surface area contributed by atoms with E-state index in [0.29, 0.717) is 9.47 Å². The first-order valence-electron chi connectivity index (χ1n) is 4.90. The Labute approximate surface area is 120 Å². The lowest BCUT2D eigenvalue weighted by Gasteiger charge is -2.01. The van der Waals surface area contributed by atoms with Crippen molar-refractivity contribution in [3.8, 4) is 0 Å². The van der Waals surface area contributed by atoms with E-state index in [0.717, 1.165) is 10.2 Å². The molecule has 0 saturated carbocycles. The Kier molecular flexibility index (Phi) is 4.56. The molecule has 5 nitrogen and oxygen atoms in total. The van der Waals surface area contributed by atoms with E-state index in [1.807, 2.05) is 24.3 Å². The number of amides is 1. The highest BCUT2D eigenvalue weighted by atomic mass is 79.9. The summed E-state index contributed by atoms with van der Waals surface area (Å²) in [5, 5.41) is 11.8. The number of nitrogens with two attached hydrogens (primary N) is 1. The third-order valence-corrected chi connectivity index (χ3v) is 4.31. The lowest BCUT2D eigenvalue weighted by Crippen LogP contribution is -2.12. The van der Waals surface area contributed by atoms with Crippen molar-refractivity contribution in [3.05, 3.63) is 28.7 Å². The largest absolute Gasteiger partial charge is 0.369 e. The number of benzene rings is 1. The lowest BCUT2D eigenvalue weighted by molar-refractivity contribution is -0.115. The van der Waals surface area contributed by atoms with Crippen molar-refractivity contribution in [1.29, 1.82) is 0 Å². The van der Waals surface area contributed by atoms with Gasteiger partial charge in [-0.15, -0.1) is 10.2 Å². The van der Waals surface area contributed by atoms with Gasteiger partial charge in [0.2, 0.25) is 11.0 Å². The number of nitrogens with one attached hydrogen (secondary N) is 1. The van der Waals surface area contributed by atoms with E-state index < -0.39 is 0 Å². The zero-order valence-corrected chi connectivity index (χ0v) is 12.3. The summed E-state index contributed by atoms with van der Waals surface area (Å²) in [5.74, 6) is -0.150. The summed E-state index contributed by atoms with van der Waals surface area (Å²) < 4.78 is 1.70. The Bertz CT molecular complexity index is 560. The van der Waals surface area contributed by atoms with Crippen molar-refractivity contribution in [1.82, 2.24) is 10.2 Å². The number of aromatic nitrogens is 2. The maximum atomic E-state index is 10.6. The first kappa shape index (κ1) is 13.3. The molecule has 0 spiro atoms. The molecule has 18 heavy (non-hydrogen) atoms. The molecule has 0 bridgehead atoms. The van der Waals surface area contributed by atoms with Crippen LogP contribution in [0.25, 0.3) is 0 Å². The first-order chi connectivity index (χ1) is 8.63. The molecule has 1 amide bonds. The van der Waals surface area contributed by atoms with Crippen LogP contribution in [0.5, 0.6) is 0 Å². The zero-order valence-electron chi connectivity index (χ0n) is 9.09. The number of halogens is 1. The van der Waals surface area contributed by atoms with Crippen LogP contribution in [0.1, 0.15) is 0 Å². The van der Waals surface area contributed by atoms with Crippen LogP contribution in [0.4, 0.5) is 10.8 Å². The van der Waals surface area contributed by atoms with Gasteiger partial charge in [-0.2, -0.15) is 0 Å². The van der Waals surface area contributed by atoms with E-state index in [1.54, 1.807) is 0 Å². The number of rotatable bonds is 5. The summed E-state index contributed by atoms with van der Waals surface area (Å²) >= 11 is 6.06. The maximum absolute atomic E-state index is 10.6. The molecule has 0 aliphatic heterocycles. The third-order valence-electron chi connectivity index (χ3n) is 1.82. The summed E-state index contributed by atoms with van der Waals surface area (Å²) in [5.41, 5.74) is 5.99. The van der Waals surface area contributed by atoms with Crippen molar-refractivity contribution < 1.29 is 4.79 Å². The minimum absolute atomic E-state index is 0.214. The van der Waals surface area contributed by atoms with Gasteiger partial charge in [-0.05, 0) is 18.2 Å². The van der Waals surface area contributed by atoms with E-state index >= 15 is 0 Å². The molecular formula is C10H9BrN4OS2. The molecule has 0 fully saturated rings. The number of primary amides is 1. The van der Waals surface area contributed by atoms with Gasteiger partial charge in [-0.25, -0.2) is 0 Å². The van der Waals surface area contributed by atoms with Gasteiger partial charge >= 0.3 is 0 Å². The molecule has 3 N–H and O–H groups in total. The molecule has 2 aromatic rings. The van der Waals surface area contributed by atoms with Gasteiger partial charge in [0.05, 0.1) is 5.75 Å². The summed E-state index contributed by atoms with van der Waals surface area (Å²) in [7, 11) is 0. The van der Waals surface area contributed by atoms with Crippen molar-refractivity contribution in [2.45, 2.75) is 4.34 Å². The molecule has 0 saturated heterocycles. The number of carbonyl (C=O) groups is 1. The van der Waals surface area contributed by atoms with E-state index in [9.17, 15) is 4.79 Å². The van der Waals surface area contributed by atoms with Crippen molar-refractivity contribution in [2.75, 3.05) is 11.1 Å². The highest BCUT2D eigenvalue weighted by molar-refractivity contribution is 9.10. The fraction of sp³-hybridized carbons (Fsp3) is 0.100. The Hall–Kier alpha value is -1.12. The predicted molar refractivity (Wildman–Crippen MR) is 77.3 cm³/mol. The van der Waals surface area contributed by atoms with Crippen LogP contribution in [0.3, 0.4) is 0 Å². The maximum Gasteiger partial charge on any atom is 0.227 e. The molecule has 1 heterocycles. The molecular weight excluding hydrogens is 336 g/mol. The SMILES string of the molecule is NC(=O)CSc1nnc(Nc2cccc(Br)c2)s1. The minimum atomic E-state index is -0.364. The molecule has 2 rings (SSSR count). The normalized spacial score (nSPS) is 10.3. The molecule has 0 atom stereocenters. The number of carbonyl (C=O) groups excluding carboxylic acids is 1. The summed E-state index contributed by atoms with van der Waals surface area (Å²) in [4.78, 5) is 10.6. The number of hydrogen-bond donors (Lipinski definition) is 2. The molecule has 0 radical (unpaired) electrons. The second kappa shape index (κ2) is 6.17. The highest BCUT2D eigenvalue weighted by Gasteiger charge is 2.06. The summed E-state index contributed by atoms with van der Waals surface area (Å²) in [6, 6.07) is 7.75. The number of thioether (sulfide) groups is 1. The van der Waals surface area contributed by atoms with Crippen LogP contribution in [-0.2, 0) is 4.79 Å². The van der Waals surface area contributed by atoms with Gasteiger partial charge in [0, 0.05) is 10.2 Å². The van der Waals surface area contributed by atoms with Gasteiger partial charge in [0.15, 0.2) is 4.34 Å². The quantitative estimate of drug-likeness (QED) is 0.815. The van der Waals surface area contributed by atoms with Crippen LogP contribution in [0, 0.1) is 0 Å². The smallest absolute Gasteiger partial charge is 0.227 e. The van der Waals surface area contributed by atoms with Crippen molar-refractivity contribution in [2.24, 2.45) is 5.73 Å². The first-order valence-corrected chi connectivity index (χ1v) is 7.50. The summed E-state index contributed by atoms with van der Waals surface area (Å²) in [6.45, 7) is 0. The second-order valence-corrected chi connectivity index (χ2v) is 6.38. The fourth-order valence-corrected chi connectivity index (χ4v) is 3.05. The van der Waals surface area contributed by atoms with Crippen LogP contribution in [-0.4, -0.2) is 21.9 Å². The second-order valence-electron chi connectivity index (χ2n) is 3.26. The molecule has 1 aromatic carbocycles. The monoisotopic (exact) mass is 344 g/mol. The third kappa shape index (κ3) is 3.97. The van der Waals surface area contributed by atoms with Gasteiger partial charge in [-0.1, -0.05) is 45.1 Å². The van der Waals surface area contributed by atoms with Gasteiger partial charge < -0.3 is 11.1 Å². The van der Waals surface area contributed by atoms with E-state index in [-0.39, 0.29) is 11.7 Å². The molecule has 0 aliphatic carbocycles. The Morgan fingerprint density at radius 1 is 1.50 bits per heavy atom. The van der Waals surface area contributed by atoms with Crippen LogP contribution in [0.15, 0.2) is 33.1 Å². The van der Waals surface area contributed by atoms with Gasteiger partial charge in [0.1, 0.15) is 0 Å². The minimum Gasteiger partial charge on any atom is -0.369 e. The molecule has 1 aromatic heterocycles. The number of anilines is 2. The average Bonchev–Trinajstić information content (AvgIpc) is 2.74. The Balaban J connectivity index is 2.00. The molecule has 8 heteroatoms. The topological polar surface area (TPSA) is 80.9 Å². The van der Waals surface area contributed by atoms with Gasteiger partial charge in [-0.3, -0.25) is 4.79 Å². The Morgan fingerprint density at radius 3 is 3.06 bits per heavy atom. The molecule has 0 aliphatic rings. The summed E-state index contributed by atoms with van der Waals surface area (Å²) in [6.07, 6.45) is 0. The van der Waals surface area contributed by atoms with E-state index in [4.69, 9.17) is 5.73 Å². The van der Waals surface area contributed by atoms with E-state index in [2.05, 4.69) is 31.4 Å². The lowest BCUT2D eigenvalue weighted by atomic mass is 10.3. The number of nitrogens with zero attached hydrogens (tertiary/aromatic N) is 2. The predicted octanol–water partition coefficient (Wildman–Crippen LogP) is 2.62. The van der Waals surface area contributed by atoms with Crippen LogP contribution in [0.2, 0.25) is 0 Å². The fourth-order valence-electron chi connectivity index (χ4n) is 1.14. The zero-order chi connectivity index (χ0) is 13.0. The van der Waals surface area contributed by atoms with Crippen molar-refractivity contribution >= 4 is 55.8 Å². The van der Waals surface area contributed by atoms with E-state index in [1.165, 1.54) is 23.1 Å². The average molecular weight is 345 g/mol. The van der Waals surface area contributed by atoms with Crippen LogP contribution >= 0.6 is 39.0 Å². The highest BCUT2D eigenvalue weighted by Crippen LogP contribution is 2.28. The number of hydrogen-bond acceptors (Lipinski definition) is 6. The molecule has 0 unspecified atom stereocenters. The van der Waals surface area contributed by atoms with Crippen LogP contribution < -0.4 is 11.1 Å². The molecule has 94 valence electrons. The standard InChI is InChI=1S/C10H9BrN4OS2/c11-6-2-1-3-7(4-6)13-9-14-15-10(18-9)17-5-8(12)16/h1-4H,5H2,(H2,12,16)(H,13,14). The Morgan fingerprint density at radius 2 is 2.33 bits per heavy atom. The van der Waals surface area contributed by atoms with Crippen molar-refractivity contribution in [3.63, 3.8) is 0 Å². The van der Waals surface area contributed by atoms with Gasteiger partial charge in [0.25, 0.3) is 0 Å².